The fraction of sp³-hybridized carbons (Fsp3) is 0. The summed E-state index contributed by atoms with van der Waals surface area (Å²) in [6.07, 6.45) is 0. The molecule has 8 aromatic carbocycles. The highest BCUT2D eigenvalue weighted by molar-refractivity contribution is 6.12. The Labute approximate surface area is 316 Å². The van der Waals surface area contributed by atoms with Gasteiger partial charge in [-0.25, -0.2) is 0 Å². The summed E-state index contributed by atoms with van der Waals surface area (Å²) < 4.78 is 6.91. The molecule has 0 N–H and O–H groups in total. The minimum absolute atomic E-state index is 0.586. The molecule has 0 aliphatic carbocycles. The Bertz CT molecular complexity index is 3420. The normalized spacial score (nSPS) is 11.6. The third-order valence-corrected chi connectivity index (χ3v) is 11.0. The van der Waals surface area contributed by atoms with Crippen LogP contribution in [0.5, 0.6) is 0 Å². The summed E-state index contributed by atoms with van der Waals surface area (Å²) in [4.78, 5) is 0. The summed E-state index contributed by atoms with van der Waals surface area (Å²) in [5.74, 6) is 0. The van der Waals surface area contributed by atoms with Gasteiger partial charge >= 0.3 is 0 Å². The van der Waals surface area contributed by atoms with Gasteiger partial charge in [-0.1, -0.05) is 91.0 Å². The minimum atomic E-state index is 0.586. The van der Waals surface area contributed by atoms with Gasteiger partial charge in [0, 0.05) is 49.4 Å². The maximum absolute atomic E-state index is 10.4. The lowest BCUT2D eigenvalue weighted by Gasteiger charge is -2.14. The van der Waals surface area contributed by atoms with Gasteiger partial charge < -0.3 is 13.7 Å². The highest BCUT2D eigenvalue weighted by atomic mass is 15.0. The third-order valence-electron chi connectivity index (χ3n) is 11.0. The molecule has 0 bridgehead atoms. The number of fused-ring (bicyclic) bond motifs is 9. The lowest BCUT2D eigenvalue weighted by molar-refractivity contribution is 1.15. The largest absolute Gasteiger partial charge is 0.309 e. The van der Waals surface area contributed by atoms with Gasteiger partial charge in [0.15, 0.2) is 0 Å². The fourth-order valence-corrected chi connectivity index (χ4v) is 8.69. The second-order valence-electron chi connectivity index (χ2n) is 14.1. The number of nitriles is 2. The molecule has 0 radical (unpaired) electrons. The van der Waals surface area contributed by atoms with Gasteiger partial charge in [-0.3, -0.25) is 0 Å². The van der Waals surface area contributed by atoms with Crippen LogP contribution in [-0.4, -0.2) is 13.7 Å². The Kier molecular flexibility index (Phi) is 6.61. The lowest BCUT2D eigenvalue weighted by Crippen LogP contribution is -1.98. The molecule has 55 heavy (non-hydrogen) atoms. The molecule has 11 aromatic rings. The topological polar surface area (TPSA) is 62.4 Å². The summed E-state index contributed by atoms with van der Waals surface area (Å²) in [5.41, 5.74) is 12.7. The van der Waals surface area contributed by atoms with Gasteiger partial charge in [0.05, 0.1) is 56.4 Å². The Morgan fingerprint density at radius 3 is 1.38 bits per heavy atom. The first-order valence-electron chi connectivity index (χ1n) is 18.3. The van der Waals surface area contributed by atoms with Crippen molar-refractivity contribution in [1.82, 2.24) is 13.7 Å². The predicted octanol–water partition coefficient (Wildman–Crippen LogP) is 12.4. The van der Waals surface area contributed by atoms with Crippen LogP contribution in [0.2, 0.25) is 0 Å². The molecule has 254 valence electrons. The average molecular weight is 700 g/mol. The van der Waals surface area contributed by atoms with Crippen LogP contribution < -0.4 is 0 Å². The zero-order valence-electron chi connectivity index (χ0n) is 29.5. The fourth-order valence-electron chi connectivity index (χ4n) is 8.69. The van der Waals surface area contributed by atoms with Gasteiger partial charge in [-0.15, -0.1) is 0 Å². The standard InChI is InChI=1S/C50H29N5/c51-30-32-20-23-49-44(26-32)42-15-4-8-19-48(42)53(49)36-11-9-10-34(27-36)35-24-33(31-52)25-38(28-35)55-47-18-7-3-14-41(47)43-22-21-37(29-50(43)55)54-45-16-5-1-12-39(45)40-13-2-6-17-46(40)54/h1-29H. The molecule has 0 spiro atoms. The van der Waals surface area contributed by atoms with Gasteiger partial charge in [-0.2, -0.15) is 10.5 Å². The summed E-state index contributed by atoms with van der Waals surface area (Å²) in [6, 6.07) is 66.0. The number of hydrogen-bond acceptors (Lipinski definition) is 2. The van der Waals surface area contributed by atoms with E-state index < -0.39 is 0 Å². The van der Waals surface area contributed by atoms with E-state index in [1.165, 1.54) is 10.8 Å². The molecule has 0 unspecified atom stereocenters. The molecular weight excluding hydrogens is 671 g/mol. The van der Waals surface area contributed by atoms with E-state index in [0.29, 0.717) is 11.1 Å². The van der Waals surface area contributed by atoms with E-state index in [-0.39, 0.29) is 0 Å². The van der Waals surface area contributed by atoms with Crippen molar-refractivity contribution in [3.05, 3.63) is 187 Å². The molecule has 5 nitrogen and oxygen atoms in total. The van der Waals surface area contributed by atoms with Crippen molar-refractivity contribution in [1.29, 1.82) is 10.5 Å². The number of nitrogens with zero attached hydrogens (tertiary/aromatic N) is 5. The molecule has 0 aliphatic heterocycles. The highest BCUT2D eigenvalue weighted by Crippen LogP contribution is 2.39. The Balaban J connectivity index is 1.12. The minimum Gasteiger partial charge on any atom is -0.309 e. The summed E-state index contributed by atoms with van der Waals surface area (Å²) in [6.45, 7) is 0. The summed E-state index contributed by atoms with van der Waals surface area (Å²) in [7, 11) is 0. The molecule has 0 saturated heterocycles. The van der Waals surface area contributed by atoms with Crippen molar-refractivity contribution in [2.45, 2.75) is 0 Å². The molecule has 0 amide bonds. The molecule has 0 saturated carbocycles. The monoisotopic (exact) mass is 699 g/mol. The smallest absolute Gasteiger partial charge is 0.0992 e. The first-order valence-corrected chi connectivity index (χ1v) is 18.3. The summed E-state index contributed by atoms with van der Waals surface area (Å²) in [5, 5.41) is 27.0. The van der Waals surface area contributed by atoms with Gasteiger partial charge in [0.25, 0.3) is 0 Å². The maximum Gasteiger partial charge on any atom is 0.0992 e. The highest BCUT2D eigenvalue weighted by Gasteiger charge is 2.18. The van der Waals surface area contributed by atoms with Crippen molar-refractivity contribution in [3.8, 4) is 40.3 Å². The van der Waals surface area contributed by atoms with Gasteiger partial charge in [0.1, 0.15) is 0 Å². The zero-order chi connectivity index (χ0) is 36.6. The predicted molar refractivity (Wildman–Crippen MR) is 224 cm³/mol. The van der Waals surface area contributed by atoms with Gasteiger partial charge in [-0.05, 0) is 96.1 Å². The number of aromatic nitrogens is 3. The van der Waals surface area contributed by atoms with Crippen LogP contribution in [0.25, 0.3) is 93.6 Å². The van der Waals surface area contributed by atoms with Crippen molar-refractivity contribution < 1.29 is 0 Å². The van der Waals surface area contributed by atoms with E-state index in [2.05, 4.69) is 159 Å². The van der Waals surface area contributed by atoms with Gasteiger partial charge in [0.2, 0.25) is 0 Å². The molecule has 3 aromatic heterocycles. The second-order valence-corrected chi connectivity index (χ2v) is 14.1. The van der Waals surface area contributed by atoms with E-state index >= 15 is 0 Å². The Morgan fingerprint density at radius 2 is 0.782 bits per heavy atom. The van der Waals surface area contributed by atoms with Crippen molar-refractivity contribution in [2.75, 3.05) is 0 Å². The lowest BCUT2D eigenvalue weighted by atomic mass is 10.0. The number of hydrogen-bond donors (Lipinski definition) is 0. The number of para-hydroxylation sites is 4. The Hall–Kier alpha value is -7.86. The molecule has 0 atom stereocenters. The van der Waals surface area contributed by atoms with Crippen LogP contribution in [0.15, 0.2) is 176 Å². The van der Waals surface area contributed by atoms with Crippen LogP contribution in [0.1, 0.15) is 11.1 Å². The van der Waals surface area contributed by atoms with E-state index in [4.69, 9.17) is 0 Å². The second kappa shape index (κ2) is 11.8. The van der Waals surface area contributed by atoms with Crippen LogP contribution in [0.4, 0.5) is 0 Å². The maximum atomic E-state index is 10.4. The molecule has 11 rings (SSSR count). The SMILES string of the molecule is N#Cc1cc(-c2cccc(-n3c4ccccc4c4cc(C#N)ccc43)c2)cc(-n2c3ccccc3c3ccc(-n4c5ccccc5c5ccccc54)cc32)c1. The molecule has 0 aliphatic rings. The van der Waals surface area contributed by atoms with Crippen LogP contribution in [-0.2, 0) is 0 Å². The van der Waals surface area contributed by atoms with Crippen molar-refractivity contribution >= 4 is 65.4 Å². The molecular formula is C50H29N5. The third kappa shape index (κ3) is 4.58. The summed E-state index contributed by atoms with van der Waals surface area (Å²) >= 11 is 0. The average Bonchev–Trinajstić information content (AvgIpc) is 3.88. The molecule has 5 heteroatoms. The quantitative estimate of drug-likeness (QED) is 0.184. The zero-order valence-corrected chi connectivity index (χ0v) is 29.5. The van der Waals surface area contributed by atoms with Crippen LogP contribution >= 0.6 is 0 Å². The van der Waals surface area contributed by atoms with Crippen molar-refractivity contribution in [2.24, 2.45) is 0 Å². The number of rotatable bonds is 4. The molecule has 3 heterocycles. The first kappa shape index (κ1) is 30.7. The Morgan fingerprint density at radius 1 is 0.291 bits per heavy atom. The van der Waals surface area contributed by atoms with E-state index in [1.54, 1.807) is 0 Å². The van der Waals surface area contributed by atoms with Crippen LogP contribution in [0, 0.1) is 22.7 Å². The molecule has 0 fully saturated rings. The number of benzene rings is 8. The van der Waals surface area contributed by atoms with E-state index in [0.717, 1.165) is 82.8 Å². The van der Waals surface area contributed by atoms with E-state index in [9.17, 15) is 10.5 Å². The van der Waals surface area contributed by atoms with E-state index in [1.807, 2.05) is 42.5 Å². The first-order chi connectivity index (χ1) is 27.2. The van der Waals surface area contributed by atoms with Crippen molar-refractivity contribution in [3.63, 3.8) is 0 Å². The van der Waals surface area contributed by atoms with Crippen LogP contribution in [0.3, 0.4) is 0 Å².